The number of allylic oxidation sites excluding steroid dienone is 2. The van der Waals surface area contributed by atoms with Gasteiger partial charge in [0.05, 0.1) is 25.6 Å². The van der Waals surface area contributed by atoms with E-state index in [2.05, 4.69) is 63.4 Å². The Morgan fingerprint density at radius 1 is 1.03 bits per heavy atom. The number of nitrogens with one attached hydrogen (secondary N) is 4. The molecule has 6 atom stereocenters. The molecule has 1 spiro atoms. The molecule has 4 aliphatic rings. The van der Waals surface area contributed by atoms with E-state index in [0.29, 0.717) is 68.3 Å². The van der Waals surface area contributed by atoms with Crippen molar-refractivity contribution in [1.29, 1.82) is 0 Å². The Morgan fingerprint density at radius 2 is 1.86 bits per heavy atom. The van der Waals surface area contributed by atoms with Gasteiger partial charge in [-0.25, -0.2) is 0 Å². The smallest absolute Gasteiger partial charge is 0.207 e. The van der Waals surface area contributed by atoms with Gasteiger partial charge in [-0.1, -0.05) is 63.5 Å². The Labute approximate surface area is 376 Å². The third-order valence-electron chi connectivity index (χ3n) is 14.6. The van der Waals surface area contributed by atoms with Crippen LogP contribution in [0.15, 0.2) is 47.5 Å². The fourth-order valence-corrected chi connectivity index (χ4v) is 11.3. The SMILES string of the molecule is CCCCC[C@@H]1/C=C/C(=O)[C@]2(Cc3ccc(O)c(OC)c3)CCC[C@H]2CC#CNC(=NC)Nc2cc(cc(O[C@]3(CNC)CC[C@H](CCOCNC[C@H](C)O)C3)c2O)C12CCCC2. The molecule has 3 saturated carbocycles. The number of fused-ring (bicyclic) bond motifs is 4. The van der Waals surface area contributed by atoms with E-state index in [1.807, 2.05) is 25.3 Å². The highest BCUT2D eigenvalue weighted by atomic mass is 16.5. The van der Waals surface area contributed by atoms with Crippen LogP contribution in [0.2, 0.25) is 0 Å². The maximum Gasteiger partial charge on any atom is 0.207 e. The number of likely N-dealkylation sites (N-methyl/N-ethyl adjacent to an activating group) is 1. The van der Waals surface area contributed by atoms with Crippen LogP contribution in [0.1, 0.15) is 128 Å². The second-order valence-corrected chi connectivity index (χ2v) is 18.9. The normalized spacial score (nSPS) is 27.3. The van der Waals surface area contributed by atoms with Gasteiger partial charge < -0.3 is 40.2 Å². The Balaban J connectivity index is 1.39. The summed E-state index contributed by atoms with van der Waals surface area (Å²) in [5.41, 5.74) is 1.08. The van der Waals surface area contributed by atoms with E-state index in [4.69, 9.17) is 14.2 Å². The highest BCUT2D eigenvalue weighted by Crippen LogP contribution is 2.54. The zero-order chi connectivity index (χ0) is 44.9. The fraction of sp³-hybridized carbons (Fsp3) is 0.647. The molecule has 0 amide bonds. The molecule has 0 saturated heterocycles. The molecule has 3 aliphatic carbocycles. The Morgan fingerprint density at radius 3 is 2.60 bits per heavy atom. The summed E-state index contributed by atoms with van der Waals surface area (Å²) in [7, 11) is 5.20. The number of rotatable bonds is 18. The van der Waals surface area contributed by atoms with Gasteiger partial charge in [0.15, 0.2) is 28.8 Å². The first-order chi connectivity index (χ1) is 30.5. The molecular formula is C51H75N5O7. The van der Waals surface area contributed by atoms with Crippen LogP contribution in [0.3, 0.4) is 0 Å². The molecule has 0 radical (unpaired) electrons. The molecule has 1 heterocycles. The summed E-state index contributed by atoms with van der Waals surface area (Å²) in [6, 6.07) is 12.7. The number of methoxy groups -OCH3 is 1. The number of ether oxygens (including phenoxy) is 3. The van der Waals surface area contributed by atoms with E-state index < -0.39 is 17.1 Å². The van der Waals surface area contributed by atoms with Crippen LogP contribution < -0.4 is 30.7 Å². The lowest BCUT2D eigenvalue weighted by Gasteiger charge is -2.39. The number of aromatic hydroxyl groups is 2. The van der Waals surface area contributed by atoms with E-state index in [1.165, 1.54) is 0 Å². The molecule has 2 aromatic carbocycles. The van der Waals surface area contributed by atoms with E-state index in [1.54, 1.807) is 27.1 Å². The van der Waals surface area contributed by atoms with Gasteiger partial charge in [0.2, 0.25) is 5.96 Å². The monoisotopic (exact) mass is 870 g/mol. The van der Waals surface area contributed by atoms with Crippen molar-refractivity contribution in [1.82, 2.24) is 16.0 Å². The lowest BCUT2D eigenvalue weighted by atomic mass is 9.65. The molecule has 7 N–H and O–H groups in total. The van der Waals surface area contributed by atoms with Crippen LogP contribution in [-0.4, -0.2) is 86.4 Å². The number of nitrogens with zero attached hydrogens (tertiary/aromatic N) is 1. The molecule has 6 rings (SSSR count). The minimum absolute atomic E-state index is 0.0326. The van der Waals surface area contributed by atoms with Crippen LogP contribution in [0.5, 0.6) is 23.0 Å². The number of benzene rings is 2. The number of carbonyl (C=O) groups is 1. The Bertz CT molecular complexity index is 1950. The molecule has 0 aromatic heterocycles. The van der Waals surface area contributed by atoms with Crippen LogP contribution in [0.25, 0.3) is 0 Å². The second kappa shape index (κ2) is 22.6. The van der Waals surface area contributed by atoms with Crippen LogP contribution >= 0.6 is 0 Å². The molecule has 63 heavy (non-hydrogen) atoms. The molecule has 2 bridgehead atoms. The van der Waals surface area contributed by atoms with Crippen LogP contribution in [-0.2, 0) is 21.4 Å². The molecule has 12 nitrogen and oxygen atoms in total. The first kappa shape index (κ1) is 48.2. The lowest BCUT2D eigenvalue weighted by molar-refractivity contribution is -0.125. The highest BCUT2D eigenvalue weighted by Gasteiger charge is 2.48. The van der Waals surface area contributed by atoms with Gasteiger partial charge in [-0.05, 0) is 137 Å². The van der Waals surface area contributed by atoms with Gasteiger partial charge in [-0.15, -0.1) is 0 Å². The standard InChI is InChI=1S/C51H75N5O7/c1-6-7-8-13-40-17-19-46(59)51(32-38-16-18-43(58)44(28-38)61-5)24-11-14-39(51)15-12-26-55-48(53-4)56-42-29-41(50(40)22-9-10-23-50)30-45(47(42)60)63-49(34-52-3)25-20-37(31-49)21-27-62-35-54-33-36(2)57/h16-19,28-30,36-37,39-40,52,54,57-58,60H,6-11,13-15,20-25,27,31-35H2,1-5H3,(H2,53,55,56)/b19-17+/t36-,37+,39-,40+,49+,51-/m0/s1. The molecule has 1 aliphatic heterocycles. The zero-order valence-electron chi connectivity index (χ0n) is 38.6. The van der Waals surface area contributed by atoms with E-state index in [0.717, 1.165) is 107 Å². The first-order valence-electron chi connectivity index (χ1n) is 23.7. The van der Waals surface area contributed by atoms with Crippen LogP contribution in [0, 0.1) is 35.1 Å². The maximum atomic E-state index is 15.1. The topological polar surface area (TPSA) is 166 Å². The minimum atomic E-state index is -0.657. The van der Waals surface area contributed by atoms with Crippen molar-refractivity contribution in [2.24, 2.45) is 28.2 Å². The number of carbonyl (C=O) groups excluding carboxylic acids is 1. The van der Waals surface area contributed by atoms with Crippen molar-refractivity contribution in [3.05, 3.63) is 53.6 Å². The number of guanidine groups is 1. The Kier molecular flexibility index (Phi) is 17.3. The molecule has 3 fully saturated rings. The summed E-state index contributed by atoms with van der Waals surface area (Å²) in [6.07, 6.45) is 19.2. The number of aliphatic imine (C=N–C) groups is 1. The molecule has 2 aromatic rings. The predicted octanol–water partition coefficient (Wildman–Crippen LogP) is 8.09. The zero-order valence-corrected chi connectivity index (χ0v) is 38.6. The number of anilines is 1. The van der Waals surface area contributed by atoms with Gasteiger partial charge in [0, 0.05) is 50.0 Å². The van der Waals surface area contributed by atoms with Gasteiger partial charge in [0.1, 0.15) is 5.60 Å². The number of aliphatic hydroxyl groups excluding tert-OH is 1. The molecular weight excluding hydrogens is 795 g/mol. The summed E-state index contributed by atoms with van der Waals surface area (Å²) in [4.78, 5) is 19.6. The van der Waals surface area contributed by atoms with Crippen molar-refractivity contribution < 1.29 is 34.3 Å². The van der Waals surface area contributed by atoms with E-state index in [-0.39, 0.29) is 34.5 Å². The number of phenols is 2. The van der Waals surface area contributed by atoms with Crippen molar-refractivity contribution >= 4 is 17.4 Å². The minimum Gasteiger partial charge on any atom is -0.504 e. The fourth-order valence-electron chi connectivity index (χ4n) is 11.3. The number of aliphatic hydroxyl groups is 1. The molecule has 12 heteroatoms. The maximum absolute atomic E-state index is 15.1. The highest BCUT2D eigenvalue weighted by molar-refractivity contribution is 5.97. The van der Waals surface area contributed by atoms with Gasteiger partial charge in [-0.3, -0.25) is 20.4 Å². The predicted molar refractivity (Wildman–Crippen MR) is 250 cm³/mol. The summed E-state index contributed by atoms with van der Waals surface area (Å²) in [6.45, 7) is 6.11. The van der Waals surface area contributed by atoms with Crippen molar-refractivity contribution in [2.75, 3.05) is 52.9 Å². The number of hydrogen-bond donors (Lipinski definition) is 7. The molecule has 0 unspecified atom stereocenters. The van der Waals surface area contributed by atoms with Gasteiger partial charge >= 0.3 is 0 Å². The summed E-state index contributed by atoms with van der Waals surface area (Å²) in [5.74, 6) is 5.36. The summed E-state index contributed by atoms with van der Waals surface area (Å²) in [5, 5.41) is 45.3. The van der Waals surface area contributed by atoms with Crippen molar-refractivity contribution in [2.45, 2.75) is 140 Å². The second-order valence-electron chi connectivity index (χ2n) is 18.9. The number of unbranched alkanes of at least 4 members (excludes halogenated alkanes) is 2. The number of ketones is 1. The average molecular weight is 870 g/mol. The third-order valence-corrected chi connectivity index (χ3v) is 14.6. The van der Waals surface area contributed by atoms with Gasteiger partial charge in [-0.2, -0.15) is 0 Å². The number of hydrogen-bond acceptors (Lipinski definition) is 10. The van der Waals surface area contributed by atoms with E-state index in [9.17, 15) is 15.3 Å². The number of phenolic OH excluding ortho intramolecular Hbond substituents is 2. The molecule has 346 valence electrons. The van der Waals surface area contributed by atoms with Crippen LogP contribution in [0.4, 0.5) is 5.69 Å². The largest absolute Gasteiger partial charge is 0.504 e. The van der Waals surface area contributed by atoms with Crippen molar-refractivity contribution in [3.8, 4) is 35.0 Å². The average Bonchev–Trinajstić information content (AvgIpc) is 4.03. The van der Waals surface area contributed by atoms with E-state index >= 15 is 4.79 Å². The van der Waals surface area contributed by atoms with Gasteiger partial charge in [0.25, 0.3) is 0 Å². The lowest BCUT2D eigenvalue weighted by Crippen LogP contribution is -2.43. The third kappa shape index (κ3) is 11.7. The quantitative estimate of drug-likeness (QED) is 0.0335. The van der Waals surface area contributed by atoms with Crippen molar-refractivity contribution in [3.63, 3.8) is 0 Å². The first-order valence-corrected chi connectivity index (χ1v) is 23.7. The summed E-state index contributed by atoms with van der Waals surface area (Å²) < 4.78 is 18.5. The summed E-state index contributed by atoms with van der Waals surface area (Å²) >= 11 is 0. The Hall–Kier alpha value is -4.28.